The van der Waals surface area contributed by atoms with Crippen molar-refractivity contribution in [3.8, 4) is 5.75 Å². The van der Waals surface area contributed by atoms with Crippen molar-refractivity contribution < 1.29 is 9.53 Å². The molecule has 0 bridgehead atoms. The van der Waals surface area contributed by atoms with E-state index in [0.717, 1.165) is 17.9 Å². The Labute approximate surface area is 111 Å². The maximum absolute atomic E-state index is 11.4. The van der Waals surface area contributed by atoms with Crippen molar-refractivity contribution in [2.75, 3.05) is 10.6 Å². The van der Waals surface area contributed by atoms with Gasteiger partial charge >= 0.3 is 0 Å². The second kappa shape index (κ2) is 7.33. The lowest BCUT2D eigenvalue weighted by molar-refractivity contribution is -0.115. The lowest BCUT2D eigenvalue weighted by atomic mass is 10.2. The number of alkyl halides is 1. The predicted octanol–water partition coefficient (Wildman–Crippen LogP) is 3.59. The normalized spacial score (nSPS) is 11.9. The molecule has 17 heavy (non-hydrogen) atoms. The minimum absolute atomic E-state index is 0.00237. The van der Waals surface area contributed by atoms with Crippen molar-refractivity contribution in [1.29, 1.82) is 0 Å². The molecule has 0 saturated carbocycles. The van der Waals surface area contributed by atoms with Gasteiger partial charge in [-0.2, -0.15) is 0 Å². The second-order valence-corrected chi connectivity index (χ2v) is 4.64. The fourth-order valence-corrected chi connectivity index (χ4v) is 1.63. The average Bonchev–Trinajstić information content (AvgIpc) is 2.29. The maximum atomic E-state index is 11.4. The molecule has 3 nitrogen and oxygen atoms in total. The number of carbonyl (C=O) groups excluding carboxylic acids is 1. The van der Waals surface area contributed by atoms with Crippen LogP contribution in [0.1, 0.15) is 26.7 Å². The van der Waals surface area contributed by atoms with Gasteiger partial charge in [-0.3, -0.25) is 4.79 Å². The van der Waals surface area contributed by atoms with Crippen molar-refractivity contribution in [3.05, 3.63) is 24.3 Å². The van der Waals surface area contributed by atoms with Crippen LogP contribution in [0.5, 0.6) is 5.75 Å². The quantitative estimate of drug-likeness (QED) is 0.815. The molecule has 0 aliphatic rings. The van der Waals surface area contributed by atoms with Crippen molar-refractivity contribution >= 4 is 27.5 Å². The van der Waals surface area contributed by atoms with Gasteiger partial charge < -0.3 is 10.1 Å². The molecular formula is C13H18BrNO2. The van der Waals surface area contributed by atoms with Crippen LogP contribution in [0.2, 0.25) is 0 Å². The molecule has 0 saturated heterocycles. The fourth-order valence-electron chi connectivity index (χ4n) is 1.27. The van der Waals surface area contributed by atoms with E-state index in [-0.39, 0.29) is 12.0 Å². The molecule has 1 rings (SSSR count). The third kappa shape index (κ3) is 5.22. The Morgan fingerprint density at radius 2 is 2.29 bits per heavy atom. The van der Waals surface area contributed by atoms with Gasteiger partial charge in [0, 0.05) is 23.5 Å². The number of hydrogen-bond donors (Lipinski definition) is 1. The molecule has 1 unspecified atom stereocenters. The highest BCUT2D eigenvalue weighted by molar-refractivity contribution is 9.09. The van der Waals surface area contributed by atoms with Crippen LogP contribution < -0.4 is 10.1 Å². The second-order valence-electron chi connectivity index (χ2n) is 3.85. The van der Waals surface area contributed by atoms with Crippen LogP contribution in [0.3, 0.4) is 0 Å². The highest BCUT2D eigenvalue weighted by atomic mass is 79.9. The van der Waals surface area contributed by atoms with E-state index in [2.05, 4.69) is 28.2 Å². The summed E-state index contributed by atoms with van der Waals surface area (Å²) >= 11 is 3.23. The van der Waals surface area contributed by atoms with E-state index in [1.807, 2.05) is 31.2 Å². The van der Waals surface area contributed by atoms with E-state index in [1.165, 1.54) is 0 Å². The van der Waals surface area contributed by atoms with Gasteiger partial charge in [0.2, 0.25) is 5.91 Å². The third-order valence-corrected chi connectivity index (χ3v) is 2.75. The number of halogens is 1. The Morgan fingerprint density at radius 1 is 1.53 bits per heavy atom. The van der Waals surface area contributed by atoms with E-state index >= 15 is 0 Å². The summed E-state index contributed by atoms with van der Waals surface area (Å²) in [5, 5.41) is 3.49. The minimum atomic E-state index is 0.00237. The van der Waals surface area contributed by atoms with Crippen LogP contribution >= 0.6 is 15.9 Å². The molecule has 0 spiro atoms. The molecule has 0 aliphatic carbocycles. The summed E-state index contributed by atoms with van der Waals surface area (Å²) in [5.41, 5.74) is 0.775. The summed E-state index contributed by atoms with van der Waals surface area (Å²) in [4.78, 5) is 11.4. The van der Waals surface area contributed by atoms with Gasteiger partial charge in [0.15, 0.2) is 0 Å². The number of rotatable bonds is 6. The van der Waals surface area contributed by atoms with Crippen LogP contribution in [-0.4, -0.2) is 17.3 Å². The molecular weight excluding hydrogens is 282 g/mol. The first-order valence-corrected chi connectivity index (χ1v) is 6.90. The van der Waals surface area contributed by atoms with Crippen LogP contribution in [-0.2, 0) is 4.79 Å². The molecule has 1 aromatic carbocycles. The minimum Gasteiger partial charge on any atom is -0.491 e. The molecule has 1 amide bonds. The molecule has 1 atom stereocenters. The van der Waals surface area contributed by atoms with Gasteiger partial charge in [0.25, 0.3) is 0 Å². The molecule has 0 heterocycles. The molecule has 1 aromatic rings. The molecule has 0 aliphatic heterocycles. The Balaban J connectivity index is 2.62. The molecule has 4 heteroatoms. The van der Waals surface area contributed by atoms with E-state index in [1.54, 1.807) is 0 Å². The Hall–Kier alpha value is -1.03. The topological polar surface area (TPSA) is 38.3 Å². The highest BCUT2D eigenvalue weighted by Gasteiger charge is 2.04. The van der Waals surface area contributed by atoms with Crippen LogP contribution in [0.25, 0.3) is 0 Å². The average molecular weight is 300 g/mol. The van der Waals surface area contributed by atoms with E-state index in [9.17, 15) is 4.79 Å². The number of nitrogens with one attached hydrogen (secondary N) is 1. The number of benzene rings is 1. The summed E-state index contributed by atoms with van der Waals surface area (Å²) in [5.74, 6) is 0.790. The van der Waals surface area contributed by atoms with Gasteiger partial charge in [-0.1, -0.05) is 28.9 Å². The number of anilines is 1. The third-order valence-electron chi connectivity index (χ3n) is 2.35. The van der Waals surface area contributed by atoms with Gasteiger partial charge in [0.1, 0.15) is 5.75 Å². The zero-order chi connectivity index (χ0) is 12.7. The van der Waals surface area contributed by atoms with Gasteiger partial charge in [0.05, 0.1) is 6.10 Å². The lowest BCUT2D eigenvalue weighted by Crippen LogP contribution is -2.12. The van der Waals surface area contributed by atoms with Gasteiger partial charge in [-0.15, -0.1) is 0 Å². The summed E-state index contributed by atoms with van der Waals surface area (Å²) in [7, 11) is 0. The summed E-state index contributed by atoms with van der Waals surface area (Å²) < 4.78 is 5.69. The van der Waals surface area contributed by atoms with E-state index < -0.39 is 0 Å². The van der Waals surface area contributed by atoms with Crippen LogP contribution in [0.15, 0.2) is 24.3 Å². The van der Waals surface area contributed by atoms with Crippen molar-refractivity contribution in [1.82, 2.24) is 0 Å². The molecule has 1 N–H and O–H groups in total. The molecule has 0 fully saturated rings. The van der Waals surface area contributed by atoms with Crippen molar-refractivity contribution in [2.24, 2.45) is 0 Å². The standard InChI is InChI=1S/C13H18BrNO2/c1-3-10(2)17-12-6-4-5-11(9-12)15-13(16)7-8-14/h4-6,9-10H,3,7-8H2,1-2H3,(H,15,16). The van der Waals surface area contributed by atoms with Crippen LogP contribution in [0.4, 0.5) is 5.69 Å². The summed E-state index contributed by atoms with van der Waals surface area (Å²) in [6, 6.07) is 7.47. The van der Waals surface area contributed by atoms with Gasteiger partial charge in [-0.25, -0.2) is 0 Å². The SMILES string of the molecule is CCC(C)Oc1cccc(NC(=O)CCBr)c1. The zero-order valence-corrected chi connectivity index (χ0v) is 11.8. The lowest BCUT2D eigenvalue weighted by Gasteiger charge is -2.13. The predicted molar refractivity (Wildman–Crippen MR) is 73.9 cm³/mol. The monoisotopic (exact) mass is 299 g/mol. The molecule has 0 radical (unpaired) electrons. The Kier molecular flexibility index (Phi) is 6.05. The Morgan fingerprint density at radius 3 is 2.94 bits per heavy atom. The maximum Gasteiger partial charge on any atom is 0.225 e. The van der Waals surface area contributed by atoms with Crippen molar-refractivity contribution in [2.45, 2.75) is 32.8 Å². The first kappa shape index (κ1) is 14.0. The number of amides is 1. The summed E-state index contributed by atoms with van der Waals surface area (Å²) in [6.07, 6.45) is 1.61. The molecule has 0 aromatic heterocycles. The van der Waals surface area contributed by atoms with Crippen molar-refractivity contribution in [3.63, 3.8) is 0 Å². The molecule has 94 valence electrons. The Bertz CT molecular complexity index is 368. The number of ether oxygens (including phenoxy) is 1. The fraction of sp³-hybridized carbons (Fsp3) is 0.462. The largest absolute Gasteiger partial charge is 0.491 e. The number of hydrogen-bond acceptors (Lipinski definition) is 2. The highest BCUT2D eigenvalue weighted by Crippen LogP contribution is 2.19. The number of carbonyl (C=O) groups is 1. The summed E-state index contributed by atoms with van der Waals surface area (Å²) in [6.45, 7) is 4.10. The van der Waals surface area contributed by atoms with Crippen LogP contribution in [0, 0.1) is 0 Å². The van der Waals surface area contributed by atoms with E-state index in [4.69, 9.17) is 4.74 Å². The first-order valence-electron chi connectivity index (χ1n) is 5.78. The first-order chi connectivity index (χ1) is 8.15. The van der Waals surface area contributed by atoms with Gasteiger partial charge in [-0.05, 0) is 25.5 Å². The zero-order valence-electron chi connectivity index (χ0n) is 10.2. The smallest absolute Gasteiger partial charge is 0.225 e. The van der Waals surface area contributed by atoms with E-state index in [0.29, 0.717) is 11.8 Å².